The molecule has 0 radical (unpaired) electrons. The molecule has 0 atom stereocenters. The fourth-order valence-electron chi connectivity index (χ4n) is 3.17. The lowest BCUT2D eigenvalue weighted by atomic mass is 9.98. The summed E-state index contributed by atoms with van der Waals surface area (Å²) in [5.74, 6) is 6.68. The number of likely N-dealkylation sites (N-methyl/N-ethyl adjacent to an activating group) is 1. The van der Waals surface area contributed by atoms with Crippen molar-refractivity contribution in [2.45, 2.75) is 45.1 Å². The molecular weight excluding hydrogens is 374 g/mol. The van der Waals surface area contributed by atoms with E-state index in [1.807, 2.05) is 13.0 Å². The first-order chi connectivity index (χ1) is 13.9. The van der Waals surface area contributed by atoms with Gasteiger partial charge in [-0.3, -0.25) is 0 Å². The standard InChI is InChI=1S/C20H33N5O4/c1-14-18(29-15-7-5-4-6-8-15)10-9-16(24-14)19(21)17(25(2)22)13-23-20(26)28-12-11-27-3/h9-10,15H,4-8,11-13,21-22H2,1-3H3,(H,23,26)/b19-17-. The number of nitrogens with one attached hydrogen (secondary N) is 1. The van der Waals surface area contributed by atoms with E-state index in [2.05, 4.69) is 10.3 Å². The van der Waals surface area contributed by atoms with Crippen molar-refractivity contribution in [3.05, 3.63) is 29.2 Å². The molecule has 0 spiro atoms. The van der Waals surface area contributed by atoms with Crippen LogP contribution in [0.15, 0.2) is 17.8 Å². The zero-order valence-corrected chi connectivity index (χ0v) is 17.6. The van der Waals surface area contributed by atoms with Crippen molar-refractivity contribution in [2.24, 2.45) is 11.6 Å². The fraction of sp³-hybridized carbons (Fsp3) is 0.600. The highest BCUT2D eigenvalue weighted by Crippen LogP contribution is 2.26. The van der Waals surface area contributed by atoms with Gasteiger partial charge in [-0.25, -0.2) is 15.6 Å². The smallest absolute Gasteiger partial charge is 0.407 e. The van der Waals surface area contributed by atoms with Crippen molar-refractivity contribution in [1.82, 2.24) is 15.3 Å². The number of amides is 1. The first-order valence-corrected chi connectivity index (χ1v) is 9.93. The minimum absolute atomic E-state index is 0.103. The van der Waals surface area contributed by atoms with Gasteiger partial charge in [0.25, 0.3) is 0 Å². The van der Waals surface area contributed by atoms with Crippen LogP contribution in [0, 0.1) is 6.92 Å². The average molecular weight is 408 g/mol. The van der Waals surface area contributed by atoms with Crippen LogP contribution in [0.5, 0.6) is 5.75 Å². The number of nitrogens with zero attached hydrogens (tertiary/aromatic N) is 2. The number of hydrazine groups is 1. The van der Waals surface area contributed by atoms with Crippen LogP contribution in [0.1, 0.15) is 43.5 Å². The number of ether oxygens (including phenoxy) is 3. The number of carbonyl (C=O) groups excluding carboxylic acids is 1. The van der Waals surface area contributed by atoms with Crippen molar-refractivity contribution < 1.29 is 19.0 Å². The van der Waals surface area contributed by atoms with E-state index in [9.17, 15) is 4.79 Å². The van der Waals surface area contributed by atoms with E-state index in [-0.39, 0.29) is 19.3 Å². The lowest BCUT2D eigenvalue weighted by molar-refractivity contribution is 0.0987. The molecular formula is C20H33N5O4. The van der Waals surface area contributed by atoms with Crippen LogP contribution >= 0.6 is 0 Å². The maximum Gasteiger partial charge on any atom is 0.407 e. The molecule has 29 heavy (non-hydrogen) atoms. The first-order valence-electron chi connectivity index (χ1n) is 9.93. The lowest BCUT2D eigenvalue weighted by Crippen LogP contribution is -2.37. The number of alkyl carbamates (subject to hydrolysis) is 1. The summed E-state index contributed by atoms with van der Waals surface area (Å²) in [6.45, 7) is 2.49. The van der Waals surface area contributed by atoms with Gasteiger partial charge in [0.15, 0.2) is 0 Å². The Kier molecular flexibility index (Phi) is 9.01. The molecule has 1 heterocycles. The largest absolute Gasteiger partial charge is 0.489 e. The molecule has 1 amide bonds. The summed E-state index contributed by atoms with van der Waals surface area (Å²) in [7, 11) is 3.18. The van der Waals surface area contributed by atoms with Crippen molar-refractivity contribution in [3.63, 3.8) is 0 Å². The summed E-state index contributed by atoms with van der Waals surface area (Å²) in [5.41, 5.74) is 8.52. The number of carbonyl (C=O) groups is 1. The molecule has 1 aliphatic carbocycles. The van der Waals surface area contributed by atoms with Gasteiger partial charge in [-0.05, 0) is 44.7 Å². The van der Waals surface area contributed by atoms with E-state index in [1.54, 1.807) is 13.1 Å². The summed E-state index contributed by atoms with van der Waals surface area (Å²) < 4.78 is 15.9. The molecule has 5 N–H and O–H groups in total. The van der Waals surface area contributed by atoms with Gasteiger partial charge < -0.3 is 30.3 Å². The monoisotopic (exact) mass is 407 g/mol. The normalized spacial score (nSPS) is 15.4. The Morgan fingerprint density at radius 3 is 2.62 bits per heavy atom. The second-order valence-corrected chi connectivity index (χ2v) is 7.11. The minimum atomic E-state index is -0.574. The lowest BCUT2D eigenvalue weighted by Gasteiger charge is -2.24. The molecule has 1 fully saturated rings. The van der Waals surface area contributed by atoms with Crippen LogP contribution in [0.3, 0.4) is 0 Å². The van der Waals surface area contributed by atoms with E-state index < -0.39 is 6.09 Å². The van der Waals surface area contributed by atoms with E-state index in [4.69, 9.17) is 25.8 Å². The average Bonchev–Trinajstić information content (AvgIpc) is 2.70. The number of aromatic nitrogens is 1. The van der Waals surface area contributed by atoms with Gasteiger partial charge in [0.05, 0.1) is 42.0 Å². The maximum atomic E-state index is 11.7. The third kappa shape index (κ3) is 7.10. The van der Waals surface area contributed by atoms with Gasteiger partial charge in [-0.2, -0.15) is 0 Å². The number of methoxy groups -OCH3 is 1. The first kappa shape index (κ1) is 22.8. The van der Waals surface area contributed by atoms with Crippen LogP contribution in [-0.4, -0.2) is 56.1 Å². The summed E-state index contributed by atoms with van der Waals surface area (Å²) in [4.78, 5) is 16.3. The topological polar surface area (TPSA) is 125 Å². The van der Waals surface area contributed by atoms with Crippen LogP contribution < -0.4 is 21.6 Å². The minimum Gasteiger partial charge on any atom is -0.489 e. The quantitative estimate of drug-likeness (QED) is 0.322. The number of hydrogen-bond donors (Lipinski definition) is 3. The van der Waals surface area contributed by atoms with E-state index in [1.165, 1.54) is 31.4 Å². The summed E-state index contributed by atoms with van der Waals surface area (Å²) in [5, 5.41) is 3.98. The van der Waals surface area contributed by atoms with Crippen LogP contribution in [-0.2, 0) is 9.47 Å². The molecule has 0 aromatic carbocycles. The predicted octanol–water partition coefficient (Wildman–Crippen LogP) is 1.91. The molecule has 0 bridgehead atoms. The molecule has 0 aliphatic heterocycles. The van der Waals surface area contributed by atoms with Crippen LogP contribution in [0.4, 0.5) is 4.79 Å². The second kappa shape index (κ2) is 11.5. The zero-order chi connectivity index (χ0) is 21.2. The van der Waals surface area contributed by atoms with Gasteiger partial charge in [0.2, 0.25) is 0 Å². The predicted molar refractivity (Wildman–Crippen MR) is 111 cm³/mol. The Morgan fingerprint density at radius 2 is 2.00 bits per heavy atom. The third-order valence-electron chi connectivity index (χ3n) is 4.82. The van der Waals surface area contributed by atoms with Crippen LogP contribution in [0.25, 0.3) is 5.70 Å². The Morgan fingerprint density at radius 1 is 1.28 bits per heavy atom. The van der Waals surface area contributed by atoms with Crippen molar-refractivity contribution in [3.8, 4) is 5.75 Å². The highest BCUT2D eigenvalue weighted by molar-refractivity contribution is 5.69. The van der Waals surface area contributed by atoms with Gasteiger partial charge in [0.1, 0.15) is 12.4 Å². The number of nitrogens with two attached hydrogens (primary N) is 2. The van der Waals surface area contributed by atoms with Gasteiger partial charge in [0, 0.05) is 14.2 Å². The molecule has 0 unspecified atom stereocenters. The highest BCUT2D eigenvalue weighted by Gasteiger charge is 2.17. The zero-order valence-electron chi connectivity index (χ0n) is 17.6. The molecule has 162 valence electrons. The molecule has 1 saturated carbocycles. The Hall–Kier alpha value is -2.52. The van der Waals surface area contributed by atoms with E-state index in [0.29, 0.717) is 23.7 Å². The Balaban J connectivity index is 2.06. The Labute approximate surface area is 172 Å². The molecule has 0 saturated heterocycles. The second-order valence-electron chi connectivity index (χ2n) is 7.11. The molecule has 2 rings (SSSR count). The summed E-state index contributed by atoms with van der Waals surface area (Å²) in [6, 6.07) is 3.70. The Bertz CT molecular complexity index is 702. The number of pyridine rings is 1. The highest BCUT2D eigenvalue weighted by atomic mass is 16.6. The molecule has 1 aliphatic rings. The fourth-order valence-corrected chi connectivity index (χ4v) is 3.17. The molecule has 9 heteroatoms. The van der Waals surface area contributed by atoms with Crippen molar-refractivity contribution in [1.29, 1.82) is 0 Å². The number of rotatable bonds is 9. The maximum absolute atomic E-state index is 11.7. The van der Waals surface area contributed by atoms with Crippen molar-refractivity contribution in [2.75, 3.05) is 33.9 Å². The SMILES string of the molecule is COCCOC(=O)NC/C(=C(/N)c1ccc(OC2CCCCC2)c(C)n1)N(C)N. The third-order valence-corrected chi connectivity index (χ3v) is 4.82. The summed E-state index contributed by atoms with van der Waals surface area (Å²) in [6.07, 6.45) is 5.53. The number of hydrogen-bond acceptors (Lipinski definition) is 8. The summed E-state index contributed by atoms with van der Waals surface area (Å²) >= 11 is 0. The van der Waals surface area contributed by atoms with Gasteiger partial charge >= 0.3 is 6.09 Å². The molecule has 1 aromatic rings. The van der Waals surface area contributed by atoms with E-state index in [0.717, 1.165) is 24.3 Å². The van der Waals surface area contributed by atoms with E-state index >= 15 is 0 Å². The molecule has 1 aromatic heterocycles. The van der Waals surface area contributed by atoms with Gasteiger partial charge in [-0.15, -0.1) is 0 Å². The number of aryl methyl sites for hydroxylation is 1. The molecule has 9 nitrogen and oxygen atoms in total. The van der Waals surface area contributed by atoms with Crippen molar-refractivity contribution >= 4 is 11.8 Å². The van der Waals surface area contributed by atoms with Crippen LogP contribution in [0.2, 0.25) is 0 Å². The van der Waals surface area contributed by atoms with Gasteiger partial charge in [-0.1, -0.05) is 6.42 Å².